The molecule has 0 unspecified atom stereocenters. The quantitative estimate of drug-likeness (QED) is 0.127. The van der Waals surface area contributed by atoms with Crippen molar-refractivity contribution in [1.29, 1.82) is 0 Å². The van der Waals surface area contributed by atoms with E-state index in [2.05, 4.69) is 305 Å². The molecule has 0 N–H and O–H groups in total. The fraction of sp³-hybridized carbons (Fsp3) is 0.205. The predicted molar refractivity (Wildman–Crippen MR) is 357 cm³/mol. The molecule has 1 aromatic heterocycles. The molecule has 0 atom stereocenters. The average molecular weight is 1080 g/mol. The second-order valence-electron chi connectivity index (χ2n) is 27.7. The van der Waals surface area contributed by atoms with Crippen LogP contribution in [0.4, 0.5) is 34.1 Å². The first kappa shape index (κ1) is 52.3. The Balaban J connectivity index is 1.18. The smallest absolute Gasteiger partial charge is 0.252 e. The molecule has 83 heavy (non-hydrogen) atoms. The standard InChI is InChI=1S/C78H71BN4/c1-75(2,3)59-41-60(76(4,5)6)44-63(43-59)82-69-37-56-33-52-29-21-19-27-50(52)31-54(56)35-65(69)79-66-36-55-32-51-28-20-22-30-53(51)34-57(55)38-70(66)83(64-45-61(77(7,8)9)42-62(46-64)78(10,11)12)72-40-58(39-71(82)73(72)79)68-47-67(48-23-15-13-16-24-48)80-74(81-68)49-25-17-14-18-26-49/h13-47H,1-12H3. The number of nitrogens with zero attached hydrogens (tertiary/aromatic N) is 4. The first-order valence-corrected chi connectivity index (χ1v) is 29.6. The van der Waals surface area contributed by atoms with Gasteiger partial charge in [-0.3, -0.25) is 0 Å². The molecule has 5 heteroatoms. The summed E-state index contributed by atoms with van der Waals surface area (Å²) in [6.45, 7) is 28.1. The summed E-state index contributed by atoms with van der Waals surface area (Å²) in [5.74, 6) is 0.688. The van der Waals surface area contributed by atoms with Crippen LogP contribution < -0.4 is 26.2 Å². The van der Waals surface area contributed by atoms with E-state index < -0.39 is 0 Å². The van der Waals surface area contributed by atoms with Gasteiger partial charge in [0, 0.05) is 50.8 Å². The van der Waals surface area contributed by atoms with E-state index in [0.717, 1.165) is 50.8 Å². The fourth-order valence-corrected chi connectivity index (χ4v) is 12.9. The number of hydrogen-bond donors (Lipinski definition) is 0. The molecule has 0 spiro atoms. The molecular formula is C78H71BN4. The minimum atomic E-state index is -0.149. The maximum absolute atomic E-state index is 5.62. The molecule has 4 nitrogen and oxygen atoms in total. The van der Waals surface area contributed by atoms with Crippen molar-refractivity contribution in [2.24, 2.45) is 0 Å². The first-order chi connectivity index (χ1) is 39.6. The summed E-state index contributed by atoms with van der Waals surface area (Å²) in [5, 5.41) is 9.82. The van der Waals surface area contributed by atoms with Crippen molar-refractivity contribution in [2.45, 2.75) is 105 Å². The van der Waals surface area contributed by atoms with Crippen molar-refractivity contribution < 1.29 is 0 Å². The van der Waals surface area contributed by atoms with Gasteiger partial charge in [-0.2, -0.15) is 0 Å². The molecule has 2 aliphatic rings. The second-order valence-corrected chi connectivity index (χ2v) is 27.7. The van der Waals surface area contributed by atoms with Crippen molar-refractivity contribution in [3.05, 3.63) is 235 Å². The Bertz CT molecular complexity index is 4260. The summed E-state index contributed by atoms with van der Waals surface area (Å²) in [6, 6.07) is 80.3. The molecule has 0 bridgehead atoms. The molecule has 0 amide bonds. The Kier molecular flexibility index (Phi) is 11.9. The maximum Gasteiger partial charge on any atom is 0.252 e. The second kappa shape index (κ2) is 18.9. The molecule has 0 saturated heterocycles. The van der Waals surface area contributed by atoms with E-state index in [0.29, 0.717) is 5.82 Å². The largest absolute Gasteiger partial charge is 0.311 e. The number of aromatic nitrogens is 2. The monoisotopic (exact) mass is 1070 g/mol. The lowest BCUT2D eigenvalue weighted by Crippen LogP contribution is -2.61. The fourth-order valence-electron chi connectivity index (χ4n) is 12.9. The third kappa shape index (κ3) is 9.17. The van der Waals surface area contributed by atoms with Crippen LogP contribution in [0.15, 0.2) is 212 Å². The molecule has 14 rings (SSSR count). The zero-order chi connectivity index (χ0) is 57.5. The van der Waals surface area contributed by atoms with Gasteiger partial charge in [0.2, 0.25) is 0 Å². The van der Waals surface area contributed by atoms with E-state index in [1.807, 2.05) is 0 Å². The van der Waals surface area contributed by atoms with Gasteiger partial charge in [-0.15, -0.1) is 0 Å². The predicted octanol–water partition coefficient (Wildman–Crippen LogP) is 19.4. The van der Waals surface area contributed by atoms with Gasteiger partial charge >= 0.3 is 0 Å². The Hall–Kier alpha value is -8.80. The zero-order valence-electron chi connectivity index (χ0n) is 50.1. The van der Waals surface area contributed by atoms with Crippen LogP contribution in [-0.2, 0) is 21.7 Å². The van der Waals surface area contributed by atoms with Gasteiger partial charge in [0.05, 0.1) is 11.4 Å². The Morgan fingerprint density at radius 2 is 0.627 bits per heavy atom. The zero-order valence-corrected chi connectivity index (χ0v) is 50.1. The molecule has 0 aliphatic carbocycles. The lowest BCUT2D eigenvalue weighted by molar-refractivity contribution is 0.568. The highest BCUT2D eigenvalue weighted by molar-refractivity contribution is 7.00. The number of rotatable bonds is 5. The van der Waals surface area contributed by atoms with Crippen LogP contribution in [-0.4, -0.2) is 16.7 Å². The van der Waals surface area contributed by atoms with E-state index in [1.165, 1.54) is 93.1 Å². The third-order valence-corrected chi connectivity index (χ3v) is 17.7. The van der Waals surface area contributed by atoms with E-state index in [4.69, 9.17) is 9.97 Å². The molecule has 0 fully saturated rings. The third-order valence-electron chi connectivity index (χ3n) is 17.7. The summed E-state index contributed by atoms with van der Waals surface area (Å²) in [4.78, 5) is 16.2. The van der Waals surface area contributed by atoms with Crippen LogP contribution in [0.3, 0.4) is 0 Å². The van der Waals surface area contributed by atoms with Gasteiger partial charge < -0.3 is 9.80 Å². The van der Waals surface area contributed by atoms with Crippen molar-refractivity contribution in [3.8, 4) is 33.9 Å². The van der Waals surface area contributed by atoms with Crippen LogP contribution in [0, 0.1) is 0 Å². The van der Waals surface area contributed by atoms with Crippen molar-refractivity contribution >= 4 is 100 Å². The highest BCUT2D eigenvalue weighted by Crippen LogP contribution is 2.50. The summed E-state index contributed by atoms with van der Waals surface area (Å²) in [7, 11) is 0. The maximum atomic E-state index is 5.62. The van der Waals surface area contributed by atoms with Gasteiger partial charge in [-0.1, -0.05) is 217 Å². The molecule has 0 saturated carbocycles. The number of fused-ring (bicyclic) bond motifs is 8. The number of benzene rings is 11. The number of anilines is 6. The van der Waals surface area contributed by atoms with E-state index >= 15 is 0 Å². The molecule has 11 aromatic carbocycles. The van der Waals surface area contributed by atoms with Crippen LogP contribution in [0.1, 0.15) is 105 Å². The summed E-state index contributed by atoms with van der Waals surface area (Å²) >= 11 is 0. The van der Waals surface area contributed by atoms with Crippen LogP contribution >= 0.6 is 0 Å². The Morgan fingerprint density at radius 1 is 0.289 bits per heavy atom. The van der Waals surface area contributed by atoms with Gasteiger partial charge in [0.1, 0.15) is 0 Å². The normalized spacial score (nSPS) is 13.5. The molecule has 0 radical (unpaired) electrons. The lowest BCUT2D eigenvalue weighted by atomic mass is 9.33. The average Bonchev–Trinajstić information content (AvgIpc) is 2.57. The van der Waals surface area contributed by atoms with Gasteiger partial charge in [-0.25, -0.2) is 9.97 Å². The topological polar surface area (TPSA) is 32.3 Å². The highest BCUT2D eigenvalue weighted by Gasteiger charge is 2.45. The summed E-state index contributed by atoms with van der Waals surface area (Å²) < 4.78 is 0. The van der Waals surface area contributed by atoms with Crippen LogP contribution in [0.5, 0.6) is 0 Å². The summed E-state index contributed by atoms with van der Waals surface area (Å²) in [6.07, 6.45) is 0. The van der Waals surface area contributed by atoms with Gasteiger partial charge in [0.25, 0.3) is 6.71 Å². The molecule has 12 aromatic rings. The van der Waals surface area contributed by atoms with Crippen molar-refractivity contribution in [1.82, 2.24) is 9.97 Å². The molecule has 3 heterocycles. The van der Waals surface area contributed by atoms with Crippen LogP contribution in [0.25, 0.3) is 77.0 Å². The van der Waals surface area contributed by atoms with E-state index in [9.17, 15) is 0 Å². The van der Waals surface area contributed by atoms with Crippen molar-refractivity contribution in [2.75, 3.05) is 9.80 Å². The van der Waals surface area contributed by atoms with Gasteiger partial charge in [0.15, 0.2) is 5.82 Å². The first-order valence-electron chi connectivity index (χ1n) is 29.6. The van der Waals surface area contributed by atoms with Gasteiger partial charge in [-0.05, 0) is 182 Å². The molecule has 406 valence electrons. The van der Waals surface area contributed by atoms with Crippen LogP contribution in [0.2, 0.25) is 0 Å². The molecular weight excluding hydrogens is 1000 g/mol. The minimum absolute atomic E-state index is 0.132. The number of hydrogen-bond acceptors (Lipinski definition) is 4. The Labute approximate surface area is 490 Å². The Morgan fingerprint density at radius 3 is 1.00 bits per heavy atom. The minimum Gasteiger partial charge on any atom is -0.311 e. The summed E-state index contributed by atoms with van der Waals surface area (Å²) in [5.41, 5.74) is 20.2. The molecule has 2 aliphatic heterocycles. The van der Waals surface area contributed by atoms with E-state index in [-0.39, 0.29) is 28.4 Å². The van der Waals surface area contributed by atoms with Crippen molar-refractivity contribution in [3.63, 3.8) is 0 Å². The SMILES string of the molecule is CC(C)(C)c1cc(N2c3cc4cc5ccccc5cc4cc3B3c4cc5cc6ccccc6cc5cc4N(c4cc(C(C)(C)C)cc(C(C)(C)C)c4)c4cc(-c5cc(-c6ccccc6)nc(-c6ccccc6)n5)cc2c43)cc(C(C)(C)C)c1. The van der Waals surface area contributed by atoms with E-state index in [1.54, 1.807) is 0 Å². The lowest BCUT2D eigenvalue weighted by Gasteiger charge is -2.45. The highest BCUT2D eigenvalue weighted by atomic mass is 15.2.